The van der Waals surface area contributed by atoms with Gasteiger partial charge in [-0.1, -0.05) is 41.9 Å². The Balaban J connectivity index is 2.01. The van der Waals surface area contributed by atoms with E-state index in [4.69, 9.17) is 11.6 Å². The van der Waals surface area contributed by atoms with Crippen LogP contribution in [-0.4, -0.2) is 25.2 Å². The second-order valence-electron chi connectivity index (χ2n) is 6.44. The van der Waals surface area contributed by atoms with Gasteiger partial charge in [-0.25, -0.2) is 8.42 Å². The third-order valence-electron chi connectivity index (χ3n) is 4.10. The number of ketones is 1. The lowest BCUT2D eigenvalue weighted by molar-refractivity contribution is -0.114. The van der Waals surface area contributed by atoms with E-state index >= 15 is 0 Å². The maximum Gasteiger partial charge on any atom is 0.229 e. The summed E-state index contributed by atoms with van der Waals surface area (Å²) in [6.45, 7) is 1.34. The van der Waals surface area contributed by atoms with Gasteiger partial charge in [-0.15, -0.1) is 0 Å². The van der Waals surface area contributed by atoms with Gasteiger partial charge in [-0.05, 0) is 48.5 Å². The van der Waals surface area contributed by atoms with Crippen LogP contribution in [0.3, 0.4) is 0 Å². The van der Waals surface area contributed by atoms with Crippen LogP contribution in [0.15, 0.2) is 88.9 Å². The molecule has 1 amide bonds. The summed E-state index contributed by atoms with van der Waals surface area (Å²) in [5.74, 6) is -1.04. The van der Waals surface area contributed by atoms with Crippen molar-refractivity contribution in [3.05, 3.63) is 89.4 Å². The smallest absolute Gasteiger partial charge is 0.229 e. The van der Waals surface area contributed by atoms with Crippen LogP contribution in [0.1, 0.15) is 17.3 Å². The Morgan fingerprint density at radius 2 is 1.42 bits per heavy atom. The van der Waals surface area contributed by atoms with Crippen LogP contribution < -0.4 is 10.7 Å². The number of hydrazone groups is 1. The molecule has 0 aliphatic heterocycles. The van der Waals surface area contributed by atoms with Crippen molar-refractivity contribution >= 4 is 49.5 Å². The summed E-state index contributed by atoms with van der Waals surface area (Å²) in [5.41, 5.74) is 3.67. The molecule has 0 aliphatic carbocycles. The van der Waals surface area contributed by atoms with Crippen LogP contribution in [0.5, 0.6) is 0 Å². The van der Waals surface area contributed by atoms with E-state index < -0.39 is 20.7 Å². The van der Waals surface area contributed by atoms with E-state index in [9.17, 15) is 18.0 Å². The van der Waals surface area contributed by atoms with E-state index in [2.05, 4.69) is 15.8 Å². The molecule has 0 aromatic heterocycles. The number of carbonyl (C=O) groups excluding carboxylic acids is 2. The fourth-order valence-electron chi connectivity index (χ4n) is 2.62. The minimum atomic E-state index is -4.27. The first-order valence-electron chi connectivity index (χ1n) is 9.09. The van der Waals surface area contributed by atoms with Gasteiger partial charge in [-0.3, -0.25) is 15.0 Å². The normalized spacial score (nSPS) is 11.6. The fourth-order valence-corrected chi connectivity index (χ4v) is 3.99. The van der Waals surface area contributed by atoms with Gasteiger partial charge < -0.3 is 5.32 Å². The predicted molar refractivity (Wildman–Crippen MR) is 121 cm³/mol. The van der Waals surface area contributed by atoms with E-state index in [0.717, 1.165) is 0 Å². The number of rotatable bonds is 6. The van der Waals surface area contributed by atoms with Crippen LogP contribution in [-0.2, 0) is 14.6 Å². The fraction of sp³-hybridized carbons (Fsp3) is 0.0455. The second-order valence-corrected chi connectivity index (χ2v) is 8.74. The Morgan fingerprint density at radius 1 is 0.839 bits per heavy atom. The van der Waals surface area contributed by atoms with Crippen molar-refractivity contribution in [3.63, 3.8) is 0 Å². The molecule has 3 aromatic carbocycles. The summed E-state index contributed by atoms with van der Waals surface area (Å²) in [6, 6.07) is 19.9. The monoisotopic (exact) mass is 455 g/mol. The molecule has 0 bridgehead atoms. The number of Topliss-reactive ketones (excluding diaryl/α,β-unsaturated/α-hetero) is 1. The van der Waals surface area contributed by atoms with Gasteiger partial charge in [0.05, 0.1) is 10.6 Å². The SMILES string of the molecule is CC(=O)Nc1ccc(S(=O)(=O)C(=NNc2ccc(Cl)cc2)C(=O)c2ccccc2)cc1. The summed E-state index contributed by atoms with van der Waals surface area (Å²) >= 11 is 5.86. The molecule has 0 saturated heterocycles. The van der Waals surface area contributed by atoms with E-state index in [1.54, 1.807) is 42.5 Å². The largest absolute Gasteiger partial charge is 0.326 e. The Hall–Kier alpha value is -3.49. The van der Waals surface area contributed by atoms with E-state index in [1.807, 2.05) is 0 Å². The molecule has 0 radical (unpaired) electrons. The van der Waals surface area contributed by atoms with Crippen LogP contribution >= 0.6 is 11.6 Å². The molecule has 158 valence electrons. The summed E-state index contributed by atoms with van der Waals surface area (Å²) in [6.07, 6.45) is 0. The van der Waals surface area contributed by atoms with Crippen molar-refractivity contribution in [3.8, 4) is 0 Å². The molecule has 0 aliphatic rings. The highest BCUT2D eigenvalue weighted by atomic mass is 35.5. The van der Waals surface area contributed by atoms with Crippen molar-refractivity contribution in [1.29, 1.82) is 0 Å². The first-order valence-corrected chi connectivity index (χ1v) is 11.0. The molecule has 3 aromatic rings. The number of carbonyl (C=O) groups is 2. The summed E-state index contributed by atoms with van der Waals surface area (Å²) < 4.78 is 26.5. The Kier molecular flexibility index (Phi) is 6.84. The van der Waals surface area contributed by atoms with Gasteiger partial charge in [0.2, 0.25) is 26.6 Å². The van der Waals surface area contributed by atoms with Crippen molar-refractivity contribution in [1.82, 2.24) is 0 Å². The third-order valence-corrected chi connectivity index (χ3v) is 6.03. The average molecular weight is 456 g/mol. The molecule has 9 heteroatoms. The first-order chi connectivity index (χ1) is 14.8. The number of halogens is 1. The van der Waals surface area contributed by atoms with Gasteiger partial charge in [0.25, 0.3) is 0 Å². The zero-order valence-corrected chi connectivity index (χ0v) is 17.9. The highest BCUT2D eigenvalue weighted by Crippen LogP contribution is 2.20. The number of sulfone groups is 1. The quantitative estimate of drug-likeness (QED) is 0.248. The number of benzene rings is 3. The minimum absolute atomic E-state index is 0.137. The number of hydrogen-bond acceptors (Lipinski definition) is 6. The maximum absolute atomic E-state index is 13.3. The highest BCUT2D eigenvalue weighted by molar-refractivity contribution is 8.08. The van der Waals surface area contributed by atoms with Crippen LogP contribution in [0.4, 0.5) is 11.4 Å². The number of amides is 1. The highest BCUT2D eigenvalue weighted by Gasteiger charge is 2.30. The average Bonchev–Trinajstić information content (AvgIpc) is 2.75. The Labute approximate surface area is 184 Å². The van der Waals surface area contributed by atoms with Crippen LogP contribution in [0.25, 0.3) is 0 Å². The van der Waals surface area contributed by atoms with Gasteiger partial charge in [-0.2, -0.15) is 5.10 Å². The Morgan fingerprint density at radius 3 is 2.00 bits per heavy atom. The minimum Gasteiger partial charge on any atom is -0.326 e. The molecule has 0 unspecified atom stereocenters. The third kappa shape index (κ3) is 5.56. The number of nitrogens with zero attached hydrogens (tertiary/aromatic N) is 1. The number of nitrogens with one attached hydrogen (secondary N) is 2. The van der Waals surface area contributed by atoms with Crippen molar-refractivity contribution in [2.24, 2.45) is 5.10 Å². The van der Waals surface area contributed by atoms with Gasteiger partial charge in [0.1, 0.15) is 0 Å². The number of anilines is 2. The van der Waals surface area contributed by atoms with Crippen molar-refractivity contribution < 1.29 is 18.0 Å². The van der Waals surface area contributed by atoms with Crippen molar-refractivity contribution in [2.45, 2.75) is 11.8 Å². The molecule has 31 heavy (non-hydrogen) atoms. The van der Waals surface area contributed by atoms with E-state index in [0.29, 0.717) is 16.4 Å². The molecule has 3 rings (SSSR count). The molecule has 0 saturated carbocycles. The zero-order chi connectivity index (χ0) is 22.4. The zero-order valence-electron chi connectivity index (χ0n) is 16.4. The molecule has 2 N–H and O–H groups in total. The van der Waals surface area contributed by atoms with Gasteiger partial charge in [0, 0.05) is 23.2 Å². The molecular weight excluding hydrogens is 438 g/mol. The lowest BCUT2D eigenvalue weighted by atomic mass is 10.1. The summed E-state index contributed by atoms with van der Waals surface area (Å²) in [7, 11) is -4.27. The van der Waals surface area contributed by atoms with Crippen molar-refractivity contribution in [2.75, 3.05) is 10.7 Å². The molecule has 0 fully saturated rings. The van der Waals surface area contributed by atoms with Crippen LogP contribution in [0, 0.1) is 0 Å². The maximum atomic E-state index is 13.3. The second kappa shape index (κ2) is 9.55. The summed E-state index contributed by atoms with van der Waals surface area (Å²) in [5, 5.41) is 6.33. The lowest BCUT2D eigenvalue weighted by Crippen LogP contribution is -2.26. The van der Waals surface area contributed by atoms with E-state index in [-0.39, 0.29) is 16.4 Å². The first kappa shape index (κ1) is 22.2. The molecule has 0 atom stereocenters. The van der Waals surface area contributed by atoms with Crippen LogP contribution in [0.2, 0.25) is 5.02 Å². The van der Waals surface area contributed by atoms with E-state index in [1.165, 1.54) is 43.3 Å². The summed E-state index contributed by atoms with van der Waals surface area (Å²) in [4.78, 5) is 24.1. The molecule has 0 spiro atoms. The standard InChI is InChI=1S/C22H18ClN3O4S/c1-15(27)24-18-11-13-20(14-12-18)31(29,30)22(21(28)16-5-3-2-4-6-16)26-25-19-9-7-17(23)8-10-19/h2-14,25H,1H3,(H,24,27). The lowest BCUT2D eigenvalue weighted by Gasteiger charge is -2.10. The Bertz CT molecular complexity index is 1220. The molecule has 0 heterocycles. The van der Waals surface area contributed by atoms with Gasteiger partial charge >= 0.3 is 0 Å². The molecular formula is C22H18ClN3O4S. The van der Waals surface area contributed by atoms with Gasteiger partial charge in [0.15, 0.2) is 0 Å². The topological polar surface area (TPSA) is 105 Å². The predicted octanol–water partition coefficient (Wildman–Crippen LogP) is 4.38. The molecule has 7 nitrogen and oxygen atoms in total. The number of hydrogen-bond donors (Lipinski definition) is 2.